The van der Waals surface area contributed by atoms with Gasteiger partial charge < -0.3 is 18.7 Å². The van der Waals surface area contributed by atoms with Gasteiger partial charge in [-0.15, -0.1) is 0 Å². The molecular formula is C13H13NO5. The van der Waals surface area contributed by atoms with Crippen LogP contribution in [0.15, 0.2) is 41.1 Å². The van der Waals surface area contributed by atoms with E-state index in [1.165, 1.54) is 12.3 Å². The maximum Gasteiger partial charge on any atom is 0.362 e. The third kappa shape index (κ3) is 3.82. The number of carbonyl (C=O) groups is 1. The molecule has 0 aliphatic rings. The Morgan fingerprint density at radius 2 is 2.26 bits per heavy atom. The Balaban J connectivity index is 1.73. The van der Waals surface area contributed by atoms with Crippen molar-refractivity contribution in [3.8, 4) is 5.75 Å². The Bertz CT molecular complexity index is 524. The van der Waals surface area contributed by atoms with Crippen LogP contribution in [-0.2, 0) is 16.1 Å². The third-order valence-electron chi connectivity index (χ3n) is 2.32. The fourth-order valence-corrected chi connectivity index (χ4v) is 1.41. The number of esters is 1. The van der Waals surface area contributed by atoms with Gasteiger partial charge in [0.2, 0.25) is 0 Å². The van der Waals surface area contributed by atoms with Gasteiger partial charge >= 0.3 is 5.97 Å². The molecule has 1 aromatic carbocycles. The molecule has 0 N–H and O–H groups in total. The summed E-state index contributed by atoms with van der Waals surface area (Å²) in [7, 11) is 1.60. The maximum atomic E-state index is 11.4. The molecule has 0 aliphatic carbocycles. The number of hydrogen-bond acceptors (Lipinski definition) is 6. The van der Waals surface area contributed by atoms with Gasteiger partial charge in [-0.25, -0.2) is 4.79 Å². The summed E-state index contributed by atoms with van der Waals surface area (Å²) in [6.07, 6.45) is 1.30. The van der Waals surface area contributed by atoms with Crippen molar-refractivity contribution in [1.29, 1.82) is 0 Å². The molecule has 0 spiro atoms. The highest BCUT2D eigenvalue weighted by Gasteiger charge is 2.09. The standard InChI is InChI=1S/C13H13NO5/c1-16-11-4-2-3-10(7-11)8-17-9-18-13(15)12-5-6-19-14-12/h2-7H,8-9H2,1H3. The summed E-state index contributed by atoms with van der Waals surface area (Å²) in [5.41, 5.74) is 1.04. The number of nitrogens with zero attached hydrogens (tertiary/aromatic N) is 1. The molecule has 0 atom stereocenters. The monoisotopic (exact) mass is 263 g/mol. The van der Waals surface area contributed by atoms with Gasteiger partial charge in [0.15, 0.2) is 12.5 Å². The van der Waals surface area contributed by atoms with Gasteiger partial charge in [0, 0.05) is 6.07 Å². The van der Waals surface area contributed by atoms with Crippen LogP contribution < -0.4 is 4.74 Å². The number of benzene rings is 1. The first-order valence-corrected chi connectivity index (χ1v) is 5.58. The Kier molecular flexibility index (Phi) is 4.52. The van der Waals surface area contributed by atoms with Crippen LogP contribution in [0.4, 0.5) is 0 Å². The smallest absolute Gasteiger partial charge is 0.362 e. The van der Waals surface area contributed by atoms with E-state index in [0.29, 0.717) is 6.61 Å². The molecule has 19 heavy (non-hydrogen) atoms. The largest absolute Gasteiger partial charge is 0.497 e. The molecule has 100 valence electrons. The summed E-state index contributed by atoms with van der Waals surface area (Å²) < 4.78 is 19.7. The first-order chi connectivity index (χ1) is 9.29. The van der Waals surface area contributed by atoms with Gasteiger partial charge in [-0.2, -0.15) is 0 Å². The number of ether oxygens (including phenoxy) is 3. The number of methoxy groups -OCH3 is 1. The zero-order chi connectivity index (χ0) is 13.5. The topological polar surface area (TPSA) is 70.8 Å². The molecule has 0 fully saturated rings. The van der Waals surface area contributed by atoms with Gasteiger partial charge in [-0.1, -0.05) is 17.3 Å². The third-order valence-corrected chi connectivity index (χ3v) is 2.32. The lowest BCUT2D eigenvalue weighted by Gasteiger charge is -2.06. The lowest BCUT2D eigenvalue weighted by Crippen LogP contribution is -2.09. The van der Waals surface area contributed by atoms with Crippen molar-refractivity contribution in [2.75, 3.05) is 13.9 Å². The molecule has 0 bridgehead atoms. The van der Waals surface area contributed by atoms with Crippen LogP contribution in [0, 0.1) is 0 Å². The SMILES string of the molecule is COc1cccc(COCOC(=O)c2ccon2)c1. The molecule has 2 aromatic rings. The summed E-state index contributed by atoms with van der Waals surface area (Å²) in [6, 6.07) is 8.86. The van der Waals surface area contributed by atoms with E-state index in [0.717, 1.165) is 11.3 Å². The molecular weight excluding hydrogens is 250 g/mol. The predicted molar refractivity (Wildman–Crippen MR) is 64.6 cm³/mol. The van der Waals surface area contributed by atoms with E-state index in [1.807, 2.05) is 24.3 Å². The molecule has 0 unspecified atom stereocenters. The second-order valence-corrected chi connectivity index (χ2v) is 3.63. The quantitative estimate of drug-likeness (QED) is 0.451. The van der Waals surface area contributed by atoms with Crippen molar-refractivity contribution in [2.24, 2.45) is 0 Å². The van der Waals surface area contributed by atoms with Crippen molar-refractivity contribution >= 4 is 5.97 Å². The second kappa shape index (κ2) is 6.55. The highest BCUT2D eigenvalue weighted by atomic mass is 16.7. The molecule has 1 aromatic heterocycles. The van der Waals surface area contributed by atoms with E-state index in [2.05, 4.69) is 9.68 Å². The van der Waals surface area contributed by atoms with Crippen LogP contribution in [-0.4, -0.2) is 25.0 Å². The first-order valence-electron chi connectivity index (χ1n) is 5.58. The second-order valence-electron chi connectivity index (χ2n) is 3.63. The van der Waals surface area contributed by atoms with Gasteiger partial charge in [0.25, 0.3) is 0 Å². The number of aromatic nitrogens is 1. The summed E-state index contributed by atoms with van der Waals surface area (Å²) >= 11 is 0. The van der Waals surface area contributed by atoms with Crippen LogP contribution in [0.3, 0.4) is 0 Å². The Morgan fingerprint density at radius 1 is 1.37 bits per heavy atom. The van der Waals surface area contributed by atoms with E-state index < -0.39 is 5.97 Å². The molecule has 0 aliphatic heterocycles. The normalized spacial score (nSPS) is 10.2. The van der Waals surface area contributed by atoms with Crippen LogP contribution in [0.1, 0.15) is 16.1 Å². The molecule has 1 heterocycles. The first kappa shape index (κ1) is 13.1. The lowest BCUT2D eigenvalue weighted by molar-refractivity contribution is -0.0387. The fourth-order valence-electron chi connectivity index (χ4n) is 1.41. The number of rotatable bonds is 6. The van der Waals surface area contributed by atoms with E-state index >= 15 is 0 Å². The number of hydrogen-bond donors (Lipinski definition) is 0. The highest BCUT2D eigenvalue weighted by Crippen LogP contribution is 2.13. The molecule has 0 radical (unpaired) electrons. The summed E-state index contributed by atoms with van der Waals surface area (Å²) in [5, 5.41) is 3.45. The van der Waals surface area contributed by atoms with E-state index in [9.17, 15) is 4.79 Å². The zero-order valence-corrected chi connectivity index (χ0v) is 10.4. The average molecular weight is 263 g/mol. The van der Waals surface area contributed by atoms with Gasteiger partial charge in [0.1, 0.15) is 12.0 Å². The summed E-state index contributed by atoms with van der Waals surface area (Å²) in [4.78, 5) is 11.4. The van der Waals surface area contributed by atoms with Gasteiger partial charge in [-0.3, -0.25) is 0 Å². The molecule has 2 rings (SSSR count). The molecule has 0 saturated carbocycles. The Labute approximate surface area is 109 Å². The van der Waals surface area contributed by atoms with Gasteiger partial charge in [-0.05, 0) is 17.7 Å². The minimum absolute atomic E-state index is 0.116. The van der Waals surface area contributed by atoms with Crippen LogP contribution in [0.25, 0.3) is 0 Å². The van der Waals surface area contributed by atoms with Crippen molar-refractivity contribution in [3.63, 3.8) is 0 Å². The van der Waals surface area contributed by atoms with Crippen LogP contribution >= 0.6 is 0 Å². The molecule has 6 heteroatoms. The Hall–Kier alpha value is -2.34. The van der Waals surface area contributed by atoms with Crippen molar-refractivity contribution in [3.05, 3.63) is 47.9 Å². The minimum atomic E-state index is -0.584. The van der Waals surface area contributed by atoms with E-state index in [1.54, 1.807) is 7.11 Å². The number of carbonyl (C=O) groups excluding carboxylic acids is 1. The minimum Gasteiger partial charge on any atom is -0.497 e. The van der Waals surface area contributed by atoms with E-state index in [4.69, 9.17) is 14.2 Å². The van der Waals surface area contributed by atoms with Crippen LogP contribution in [0.2, 0.25) is 0 Å². The van der Waals surface area contributed by atoms with Crippen molar-refractivity contribution in [2.45, 2.75) is 6.61 Å². The zero-order valence-electron chi connectivity index (χ0n) is 10.4. The fraction of sp³-hybridized carbons (Fsp3) is 0.231. The molecule has 0 amide bonds. The van der Waals surface area contributed by atoms with E-state index in [-0.39, 0.29) is 12.5 Å². The predicted octanol–water partition coefficient (Wildman–Crippen LogP) is 2.01. The summed E-state index contributed by atoms with van der Waals surface area (Å²) in [5.74, 6) is 0.167. The highest BCUT2D eigenvalue weighted by molar-refractivity contribution is 5.86. The molecule has 6 nitrogen and oxygen atoms in total. The maximum absolute atomic E-state index is 11.4. The van der Waals surface area contributed by atoms with Crippen molar-refractivity contribution in [1.82, 2.24) is 5.16 Å². The lowest BCUT2D eigenvalue weighted by atomic mass is 10.2. The van der Waals surface area contributed by atoms with Crippen molar-refractivity contribution < 1.29 is 23.5 Å². The Morgan fingerprint density at radius 3 is 3.00 bits per heavy atom. The van der Waals surface area contributed by atoms with Crippen LogP contribution in [0.5, 0.6) is 5.75 Å². The molecule has 0 saturated heterocycles. The average Bonchev–Trinajstić information content (AvgIpc) is 2.98. The van der Waals surface area contributed by atoms with Gasteiger partial charge in [0.05, 0.1) is 13.7 Å². The summed E-state index contributed by atoms with van der Waals surface area (Å²) in [6.45, 7) is 0.173.